The highest BCUT2D eigenvalue weighted by Crippen LogP contribution is 2.60. The summed E-state index contributed by atoms with van der Waals surface area (Å²) in [6.07, 6.45) is 0. The minimum atomic E-state index is -3.49. The zero-order chi connectivity index (χ0) is 15.5. The summed E-state index contributed by atoms with van der Waals surface area (Å²) in [7, 11) is -3.49. The zero-order valence-electron chi connectivity index (χ0n) is 13.5. The van der Waals surface area contributed by atoms with E-state index in [1.807, 2.05) is 20.8 Å². The summed E-state index contributed by atoms with van der Waals surface area (Å²) in [6, 6.07) is 0. The molecule has 0 aliphatic rings. The van der Waals surface area contributed by atoms with E-state index in [9.17, 15) is 9.77 Å². The van der Waals surface area contributed by atoms with Crippen LogP contribution in [0.3, 0.4) is 0 Å². The Balaban J connectivity index is 5.64. The normalized spacial score (nSPS) is 15.9. The molecule has 0 spiro atoms. The highest BCUT2D eigenvalue weighted by atomic mass is 31.2. The third-order valence-electron chi connectivity index (χ3n) is 2.58. The second kappa shape index (κ2) is 6.68. The average molecular weight is 294 g/mol. The highest BCUT2D eigenvalue weighted by molar-refractivity contribution is 7.54. The molecular formula is C13H29NO4P. The Morgan fingerprint density at radius 3 is 1.58 bits per heavy atom. The molecule has 19 heavy (non-hydrogen) atoms. The summed E-state index contributed by atoms with van der Waals surface area (Å²) in [6.45, 7) is 15.0. The second-order valence-corrected chi connectivity index (χ2v) is 8.70. The van der Waals surface area contributed by atoms with Crippen LogP contribution >= 0.6 is 7.60 Å². The van der Waals surface area contributed by atoms with Crippen LogP contribution in [0.1, 0.15) is 55.4 Å². The predicted octanol–water partition coefficient (Wildman–Crippen LogP) is 4.07. The van der Waals surface area contributed by atoms with Gasteiger partial charge in [-0.25, -0.2) is 0 Å². The smallest absolute Gasteiger partial charge is 0.308 e. The van der Waals surface area contributed by atoms with E-state index in [1.165, 1.54) is 0 Å². The van der Waals surface area contributed by atoms with Gasteiger partial charge in [0.25, 0.3) is 0 Å². The lowest BCUT2D eigenvalue weighted by Crippen LogP contribution is -2.50. The van der Waals surface area contributed by atoms with Crippen LogP contribution in [0.25, 0.3) is 0 Å². The number of hydroxylamine groups is 2. The molecule has 1 atom stereocenters. The molecular weight excluding hydrogens is 265 g/mol. The molecule has 115 valence electrons. The third-order valence-corrected chi connectivity index (χ3v) is 5.40. The molecule has 0 saturated carbocycles. The summed E-state index contributed by atoms with van der Waals surface area (Å²) in [5.74, 6) is -0.833. The summed E-state index contributed by atoms with van der Waals surface area (Å²) >= 11 is 0. The van der Waals surface area contributed by atoms with Crippen LogP contribution in [0.4, 0.5) is 0 Å². The molecule has 0 aromatic carbocycles. The van der Waals surface area contributed by atoms with Crippen LogP contribution in [0.2, 0.25) is 0 Å². The van der Waals surface area contributed by atoms with Crippen LogP contribution in [-0.4, -0.2) is 29.6 Å². The SMILES string of the molecule is CCOP(=O)(OCC)[C@H](N([O])C(C)(C)C)C(C)(C)C. The van der Waals surface area contributed by atoms with Gasteiger partial charge in [-0.3, -0.25) is 4.57 Å². The van der Waals surface area contributed by atoms with Crippen molar-refractivity contribution in [3.8, 4) is 0 Å². The molecule has 0 fully saturated rings. The second-order valence-electron chi connectivity index (χ2n) is 6.61. The van der Waals surface area contributed by atoms with Gasteiger partial charge in [-0.05, 0) is 40.0 Å². The fraction of sp³-hybridized carbons (Fsp3) is 1.00. The minimum Gasteiger partial charge on any atom is -0.308 e. The van der Waals surface area contributed by atoms with Crippen LogP contribution in [0, 0.1) is 5.41 Å². The summed E-state index contributed by atoms with van der Waals surface area (Å²) in [4.78, 5) is 0. The molecule has 0 rings (SSSR count). The van der Waals surface area contributed by atoms with E-state index >= 15 is 0 Å². The number of hydrogen-bond acceptors (Lipinski definition) is 4. The lowest BCUT2D eigenvalue weighted by Gasteiger charge is -2.43. The largest absolute Gasteiger partial charge is 0.350 e. The van der Waals surface area contributed by atoms with Crippen molar-refractivity contribution >= 4 is 7.60 Å². The average Bonchev–Trinajstić information content (AvgIpc) is 2.13. The van der Waals surface area contributed by atoms with Gasteiger partial charge in [0, 0.05) is 5.54 Å². The van der Waals surface area contributed by atoms with E-state index in [1.54, 1.807) is 34.6 Å². The molecule has 5 nitrogen and oxygen atoms in total. The number of rotatable bonds is 6. The molecule has 1 radical (unpaired) electrons. The van der Waals surface area contributed by atoms with Crippen molar-refractivity contribution in [2.45, 2.75) is 66.7 Å². The molecule has 0 heterocycles. The summed E-state index contributed by atoms with van der Waals surface area (Å²) < 4.78 is 23.7. The van der Waals surface area contributed by atoms with Gasteiger partial charge >= 0.3 is 7.60 Å². The fourth-order valence-corrected chi connectivity index (χ4v) is 4.49. The van der Waals surface area contributed by atoms with Gasteiger partial charge in [0.15, 0.2) is 0 Å². The minimum absolute atomic E-state index is 0.252. The van der Waals surface area contributed by atoms with Crippen molar-refractivity contribution in [3.63, 3.8) is 0 Å². The first-order valence-corrected chi connectivity index (χ1v) is 8.36. The monoisotopic (exact) mass is 294 g/mol. The van der Waals surface area contributed by atoms with Crippen molar-refractivity contribution in [2.24, 2.45) is 5.41 Å². The standard InChI is InChI=1S/C13H29NO4P/c1-9-17-19(16,18-10-2)11(12(3,4)5)14(15)13(6,7)8/h11H,9-10H2,1-8H3/t11-/m0/s1. The van der Waals surface area contributed by atoms with Gasteiger partial charge < -0.3 is 9.05 Å². The van der Waals surface area contributed by atoms with E-state index in [4.69, 9.17) is 9.05 Å². The predicted molar refractivity (Wildman–Crippen MR) is 76.4 cm³/mol. The van der Waals surface area contributed by atoms with Crippen molar-refractivity contribution in [3.05, 3.63) is 0 Å². The summed E-state index contributed by atoms with van der Waals surface area (Å²) in [5.41, 5.74) is -1.18. The Morgan fingerprint density at radius 1 is 1.00 bits per heavy atom. The highest BCUT2D eigenvalue weighted by Gasteiger charge is 2.50. The number of hydrogen-bond donors (Lipinski definition) is 0. The molecule has 6 heteroatoms. The Bertz CT molecular complexity index is 310. The molecule has 0 amide bonds. The zero-order valence-corrected chi connectivity index (χ0v) is 14.4. The van der Waals surface area contributed by atoms with Gasteiger partial charge in [0.05, 0.1) is 13.2 Å². The summed E-state index contributed by atoms with van der Waals surface area (Å²) in [5, 5.41) is 13.5. The van der Waals surface area contributed by atoms with Gasteiger partial charge in [0.2, 0.25) is 0 Å². The Labute approximate surface area is 117 Å². The lowest BCUT2D eigenvalue weighted by atomic mass is 9.94. The number of nitrogens with zero attached hydrogens (tertiary/aromatic N) is 1. The fourth-order valence-electron chi connectivity index (χ4n) is 1.86. The third kappa shape index (κ3) is 5.16. The Morgan fingerprint density at radius 2 is 1.37 bits per heavy atom. The topological polar surface area (TPSA) is 58.7 Å². The van der Waals surface area contributed by atoms with Gasteiger partial charge in [-0.2, -0.15) is 0 Å². The maximum Gasteiger partial charge on any atom is 0.350 e. The first kappa shape index (κ1) is 19.1. The van der Waals surface area contributed by atoms with Crippen molar-refractivity contribution < 1.29 is 18.8 Å². The molecule has 0 saturated heterocycles. The molecule has 0 aromatic heterocycles. The van der Waals surface area contributed by atoms with E-state index in [-0.39, 0.29) is 13.2 Å². The van der Waals surface area contributed by atoms with Gasteiger partial charge in [-0.15, -0.1) is 10.3 Å². The van der Waals surface area contributed by atoms with E-state index in [2.05, 4.69) is 0 Å². The first-order chi connectivity index (χ1) is 8.40. The quantitative estimate of drug-likeness (QED) is 0.547. The van der Waals surface area contributed by atoms with Gasteiger partial charge in [0.1, 0.15) is 5.78 Å². The van der Waals surface area contributed by atoms with Crippen molar-refractivity contribution in [1.29, 1.82) is 0 Å². The van der Waals surface area contributed by atoms with Crippen molar-refractivity contribution in [1.82, 2.24) is 5.06 Å². The molecule has 0 aliphatic heterocycles. The maximum absolute atomic E-state index is 13.0. The lowest BCUT2D eigenvalue weighted by molar-refractivity contribution is -0.241. The Hall–Kier alpha value is 0.0700. The van der Waals surface area contributed by atoms with Crippen molar-refractivity contribution in [2.75, 3.05) is 13.2 Å². The van der Waals surface area contributed by atoms with Crippen LogP contribution in [0.5, 0.6) is 0 Å². The molecule has 0 N–H and O–H groups in total. The Kier molecular flexibility index (Phi) is 6.71. The van der Waals surface area contributed by atoms with E-state index in [0.717, 1.165) is 5.06 Å². The van der Waals surface area contributed by atoms with E-state index in [0.29, 0.717) is 0 Å². The van der Waals surface area contributed by atoms with Crippen LogP contribution < -0.4 is 0 Å². The molecule has 0 aliphatic carbocycles. The van der Waals surface area contributed by atoms with Crippen LogP contribution in [-0.2, 0) is 18.8 Å². The molecule has 0 aromatic rings. The van der Waals surface area contributed by atoms with Gasteiger partial charge in [-0.1, -0.05) is 20.8 Å². The van der Waals surface area contributed by atoms with E-state index < -0.39 is 24.3 Å². The van der Waals surface area contributed by atoms with Crippen LogP contribution in [0.15, 0.2) is 0 Å². The molecule has 0 unspecified atom stereocenters. The maximum atomic E-state index is 13.0. The first-order valence-electron chi connectivity index (χ1n) is 6.75. The molecule has 0 bridgehead atoms.